The van der Waals surface area contributed by atoms with Crippen LogP contribution in [0.1, 0.15) is 27.9 Å². The van der Waals surface area contributed by atoms with Gasteiger partial charge in [0.15, 0.2) is 9.84 Å². The first-order valence-corrected chi connectivity index (χ1v) is 9.47. The highest BCUT2D eigenvalue weighted by Crippen LogP contribution is 2.31. The fourth-order valence-corrected chi connectivity index (χ4v) is 3.68. The lowest BCUT2D eigenvalue weighted by atomic mass is 9.97. The molecule has 1 aliphatic rings. The van der Waals surface area contributed by atoms with Gasteiger partial charge in [0, 0.05) is 18.4 Å². The predicted octanol–water partition coefficient (Wildman–Crippen LogP) is 2.99. The first kappa shape index (κ1) is 15.7. The summed E-state index contributed by atoms with van der Waals surface area (Å²) in [5.41, 5.74) is 3.78. The summed E-state index contributed by atoms with van der Waals surface area (Å²) in [6.07, 6.45) is 3.07. The number of fused-ring (bicyclic) bond motifs is 1. The van der Waals surface area contributed by atoms with Crippen LogP contribution in [0, 0.1) is 6.92 Å². The Morgan fingerprint density at radius 1 is 1.09 bits per heavy atom. The zero-order valence-corrected chi connectivity index (χ0v) is 14.1. The number of nitrogens with zero attached hydrogens (tertiary/aromatic N) is 1. The Morgan fingerprint density at radius 3 is 2.43 bits per heavy atom. The maximum atomic E-state index is 12.9. The van der Waals surface area contributed by atoms with Crippen LogP contribution in [0.25, 0.3) is 0 Å². The van der Waals surface area contributed by atoms with Crippen molar-refractivity contribution in [1.82, 2.24) is 0 Å². The van der Waals surface area contributed by atoms with Crippen LogP contribution in [0.5, 0.6) is 0 Å². The van der Waals surface area contributed by atoms with E-state index in [0.29, 0.717) is 12.1 Å². The van der Waals surface area contributed by atoms with Crippen molar-refractivity contribution < 1.29 is 13.2 Å². The predicted molar refractivity (Wildman–Crippen MR) is 90.7 cm³/mol. The molecule has 1 heterocycles. The Labute approximate surface area is 136 Å². The van der Waals surface area contributed by atoms with Crippen LogP contribution >= 0.6 is 0 Å². The summed E-state index contributed by atoms with van der Waals surface area (Å²) in [6.45, 7) is 2.70. The van der Waals surface area contributed by atoms with Crippen molar-refractivity contribution >= 4 is 21.4 Å². The molecule has 0 atom stereocenters. The average Bonchev–Trinajstić information content (AvgIpc) is 2.53. The zero-order valence-electron chi connectivity index (χ0n) is 13.2. The van der Waals surface area contributed by atoms with Crippen molar-refractivity contribution in [3.63, 3.8) is 0 Å². The molecular formula is C18H19NO3S. The van der Waals surface area contributed by atoms with Crippen LogP contribution < -0.4 is 4.90 Å². The summed E-state index contributed by atoms with van der Waals surface area (Å²) in [6, 6.07) is 12.3. The number of hydrogen-bond acceptors (Lipinski definition) is 3. The molecule has 120 valence electrons. The summed E-state index contributed by atoms with van der Waals surface area (Å²) < 4.78 is 23.1. The first-order chi connectivity index (χ1) is 10.9. The minimum Gasteiger partial charge on any atom is -0.308 e. The maximum absolute atomic E-state index is 12.9. The second-order valence-corrected chi connectivity index (χ2v) is 7.96. The van der Waals surface area contributed by atoms with Gasteiger partial charge in [-0.15, -0.1) is 0 Å². The van der Waals surface area contributed by atoms with Crippen molar-refractivity contribution in [2.24, 2.45) is 0 Å². The lowest BCUT2D eigenvalue weighted by Gasteiger charge is -2.31. The van der Waals surface area contributed by atoms with E-state index in [4.69, 9.17) is 0 Å². The van der Waals surface area contributed by atoms with Crippen LogP contribution in [-0.2, 0) is 16.3 Å². The molecule has 3 rings (SSSR count). The van der Waals surface area contributed by atoms with Crippen molar-refractivity contribution in [3.8, 4) is 0 Å². The van der Waals surface area contributed by atoms with Crippen molar-refractivity contribution in [2.45, 2.75) is 24.7 Å². The average molecular weight is 329 g/mol. The summed E-state index contributed by atoms with van der Waals surface area (Å²) in [5, 5.41) is 0. The molecule has 0 aromatic heterocycles. The molecule has 4 nitrogen and oxygen atoms in total. The molecular weight excluding hydrogens is 310 g/mol. The summed E-state index contributed by atoms with van der Waals surface area (Å²) in [4.78, 5) is 14.9. The Kier molecular flexibility index (Phi) is 3.98. The molecule has 0 N–H and O–H groups in total. The van der Waals surface area contributed by atoms with E-state index in [1.54, 1.807) is 12.1 Å². The van der Waals surface area contributed by atoms with E-state index in [1.165, 1.54) is 17.7 Å². The minimum atomic E-state index is -3.25. The molecule has 0 saturated heterocycles. The van der Waals surface area contributed by atoms with E-state index < -0.39 is 9.84 Å². The topological polar surface area (TPSA) is 54.5 Å². The highest BCUT2D eigenvalue weighted by atomic mass is 32.2. The molecule has 0 aliphatic carbocycles. The Balaban J connectivity index is 1.96. The number of carbonyl (C=O) groups excluding carboxylic acids is 1. The molecule has 0 radical (unpaired) electrons. The van der Waals surface area contributed by atoms with E-state index in [0.717, 1.165) is 30.3 Å². The summed E-state index contributed by atoms with van der Waals surface area (Å²) >= 11 is 0. The standard InChI is InChI=1S/C18H19NO3S/c1-13-5-3-6-14-7-4-12-19(17(13)14)18(20)15-8-10-16(11-9-15)23(2,21)22/h3,5-6,8-11H,4,7,12H2,1-2H3. The second-order valence-electron chi connectivity index (χ2n) is 5.94. The smallest absolute Gasteiger partial charge is 0.258 e. The van der Waals surface area contributed by atoms with Gasteiger partial charge in [-0.25, -0.2) is 8.42 Å². The van der Waals surface area contributed by atoms with Gasteiger partial charge in [0.05, 0.1) is 10.6 Å². The van der Waals surface area contributed by atoms with Crippen LogP contribution in [0.15, 0.2) is 47.4 Å². The number of hydrogen-bond donors (Lipinski definition) is 0. The molecule has 0 saturated carbocycles. The molecule has 0 bridgehead atoms. The van der Waals surface area contributed by atoms with E-state index in [1.807, 2.05) is 24.0 Å². The molecule has 2 aromatic rings. The third kappa shape index (κ3) is 3.01. The second kappa shape index (κ2) is 5.81. The normalized spacial score (nSPS) is 14.4. The van der Waals surface area contributed by atoms with Crippen molar-refractivity contribution in [1.29, 1.82) is 0 Å². The van der Waals surface area contributed by atoms with E-state index in [9.17, 15) is 13.2 Å². The molecule has 5 heteroatoms. The molecule has 0 fully saturated rings. The van der Waals surface area contributed by atoms with E-state index in [2.05, 4.69) is 6.07 Å². The van der Waals surface area contributed by atoms with Gasteiger partial charge in [-0.1, -0.05) is 18.2 Å². The summed E-state index contributed by atoms with van der Waals surface area (Å²) in [7, 11) is -3.25. The van der Waals surface area contributed by atoms with Gasteiger partial charge in [-0.3, -0.25) is 4.79 Å². The number of rotatable bonds is 2. The van der Waals surface area contributed by atoms with Gasteiger partial charge in [0.2, 0.25) is 0 Å². The highest BCUT2D eigenvalue weighted by molar-refractivity contribution is 7.90. The number of anilines is 1. The van der Waals surface area contributed by atoms with Crippen LogP contribution in [-0.4, -0.2) is 27.1 Å². The Morgan fingerprint density at radius 2 is 1.78 bits per heavy atom. The molecule has 0 spiro atoms. The quantitative estimate of drug-likeness (QED) is 0.851. The zero-order chi connectivity index (χ0) is 16.6. The number of aryl methyl sites for hydroxylation is 2. The van der Waals surface area contributed by atoms with Crippen LogP contribution in [0.2, 0.25) is 0 Å². The van der Waals surface area contributed by atoms with E-state index >= 15 is 0 Å². The largest absolute Gasteiger partial charge is 0.308 e. The fraction of sp³-hybridized carbons (Fsp3) is 0.278. The minimum absolute atomic E-state index is 0.0831. The summed E-state index contributed by atoms with van der Waals surface area (Å²) in [5.74, 6) is -0.0831. The lowest BCUT2D eigenvalue weighted by Crippen LogP contribution is -2.36. The SMILES string of the molecule is Cc1cccc2c1N(C(=O)c1ccc(S(C)(=O)=O)cc1)CCC2. The highest BCUT2D eigenvalue weighted by Gasteiger charge is 2.25. The number of para-hydroxylation sites is 1. The molecule has 23 heavy (non-hydrogen) atoms. The third-order valence-corrected chi connectivity index (χ3v) is 5.32. The van der Waals surface area contributed by atoms with E-state index in [-0.39, 0.29) is 10.8 Å². The molecule has 0 unspecified atom stereocenters. The molecule has 2 aromatic carbocycles. The van der Waals surface area contributed by atoms with Crippen LogP contribution in [0.4, 0.5) is 5.69 Å². The van der Waals surface area contributed by atoms with Crippen molar-refractivity contribution in [3.05, 3.63) is 59.2 Å². The third-order valence-electron chi connectivity index (χ3n) is 4.19. The number of amides is 1. The number of carbonyl (C=O) groups is 1. The van der Waals surface area contributed by atoms with Crippen LogP contribution in [0.3, 0.4) is 0 Å². The van der Waals surface area contributed by atoms with Gasteiger partial charge in [-0.2, -0.15) is 0 Å². The number of benzene rings is 2. The van der Waals surface area contributed by atoms with Gasteiger partial charge in [-0.05, 0) is 55.2 Å². The molecule has 1 aliphatic heterocycles. The lowest BCUT2D eigenvalue weighted by molar-refractivity contribution is 0.0985. The maximum Gasteiger partial charge on any atom is 0.258 e. The number of sulfone groups is 1. The Bertz CT molecular complexity index is 854. The van der Waals surface area contributed by atoms with Gasteiger partial charge >= 0.3 is 0 Å². The van der Waals surface area contributed by atoms with Crippen molar-refractivity contribution in [2.75, 3.05) is 17.7 Å². The first-order valence-electron chi connectivity index (χ1n) is 7.58. The van der Waals surface area contributed by atoms with Gasteiger partial charge in [0.1, 0.15) is 0 Å². The monoisotopic (exact) mass is 329 g/mol. The molecule has 1 amide bonds. The fourth-order valence-electron chi connectivity index (χ4n) is 3.05. The Hall–Kier alpha value is -2.14. The van der Waals surface area contributed by atoms with Gasteiger partial charge in [0.25, 0.3) is 5.91 Å². The van der Waals surface area contributed by atoms with Gasteiger partial charge < -0.3 is 4.90 Å².